The number of ether oxygens (including phenoxy) is 1. The number of rotatable bonds is 5. The van der Waals surface area contributed by atoms with Crippen LogP contribution in [0.1, 0.15) is 42.9 Å². The van der Waals surface area contributed by atoms with Crippen molar-refractivity contribution in [1.82, 2.24) is 19.7 Å². The molecule has 0 saturated carbocycles. The number of benzene rings is 1. The Morgan fingerprint density at radius 3 is 2.88 bits per heavy atom. The Morgan fingerprint density at radius 2 is 1.96 bits per heavy atom. The zero-order chi connectivity index (χ0) is 16.9. The van der Waals surface area contributed by atoms with E-state index in [-0.39, 0.29) is 0 Å². The van der Waals surface area contributed by atoms with Crippen LogP contribution in [0.2, 0.25) is 0 Å². The molecule has 1 fully saturated rings. The summed E-state index contributed by atoms with van der Waals surface area (Å²) in [6.07, 6.45) is 7.37. The molecule has 0 unspecified atom stereocenters. The molecule has 25 heavy (non-hydrogen) atoms. The van der Waals surface area contributed by atoms with Gasteiger partial charge in [0.1, 0.15) is 11.6 Å². The average molecular weight is 340 g/mol. The average Bonchev–Trinajstić information content (AvgIpc) is 2.88. The predicted molar refractivity (Wildman–Crippen MR) is 97.4 cm³/mol. The molecule has 134 valence electrons. The summed E-state index contributed by atoms with van der Waals surface area (Å²) in [6.45, 7) is 4.79. The van der Waals surface area contributed by atoms with Crippen LogP contribution >= 0.6 is 0 Å². The number of hydrogen-bond donors (Lipinski definition) is 0. The maximum Gasteiger partial charge on any atom is 0.147 e. The summed E-state index contributed by atoms with van der Waals surface area (Å²) in [5, 5.41) is 8.91. The second-order valence-corrected chi connectivity index (χ2v) is 7.25. The van der Waals surface area contributed by atoms with Gasteiger partial charge in [0.2, 0.25) is 0 Å². The Hall–Kier alpha value is -1.72. The molecule has 5 heteroatoms. The van der Waals surface area contributed by atoms with Crippen LogP contribution in [0.25, 0.3) is 0 Å². The SMILES string of the molecule is c1ccc(CC[C@@H]2CN(Cc3nnc4n3CCCCC4)CCO2)cc1. The monoisotopic (exact) mass is 340 g/mol. The minimum Gasteiger partial charge on any atom is -0.376 e. The molecule has 0 N–H and O–H groups in total. The third-order valence-electron chi connectivity index (χ3n) is 5.37. The maximum absolute atomic E-state index is 6.00. The van der Waals surface area contributed by atoms with Crippen LogP contribution in [0.15, 0.2) is 30.3 Å². The van der Waals surface area contributed by atoms with Crippen molar-refractivity contribution >= 4 is 0 Å². The standard InChI is InChI=1S/C20H28N4O/c1-3-7-17(8-4-1)10-11-18-15-23(13-14-25-18)16-20-22-21-19-9-5-2-6-12-24(19)20/h1,3-4,7-8,18H,2,5-6,9-16H2/t18-/m1/s1. The van der Waals surface area contributed by atoms with E-state index < -0.39 is 0 Å². The van der Waals surface area contributed by atoms with Crippen molar-refractivity contribution < 1.29 is 4.74 Å². The first-order valence-electron chi connectivity index (χ1n) is 9.67. The molecule has 0 aliphatic carbocycles. The van der Waals surface area contributed by atoms with E-state index in [0.717, 1.165) is 57.9 Å². The predicted octanol–water partition coefficient (Wildman–Crippen LogP) is 2.84. The Bertz CT molecular complexity index is 670. The van der Waals surface area contributed by atoms with E-state index in [4.69, 9.17) is 4.74 Å². The fraction of sp³-hybridized carbons (Fsp3) is 0.600. The molecule has 1 aromatic carbocycles. The lowest BCUT2D eigenvalue weighted by atomic mass is 10.1. The third kappa shape index (κ3) is 4.28. The summed E-state index contributed by atoms with van der Waals surface area (Å²) >= 11 is 0. The molecule has 2 aromatic rings. The zero-order valence-corrected chi connectivity index (χ0v) is 14.9. The lowest BCUT2D eigenvalue weighted by Crippen LogP contribution is -2.42. The highest BCUT2D eigenvalue weighted by molar-refractivity contribution is 5.14. The molecular weight excluding hydrogens is 312 g/mol. The first-order chi connectivity index (χ1) is 12.4. The summed E-state index contributed by atoms with van der Waals surface area (Å²) in [6, 6.07) is 10.7. The highest BCUT2D eigenvalue weighted by Gasteiger charge is 2.23. The van der Waals surface area contributed by atoms with Gasteiger partial charge >= 0.3 is 0 Å². The van der Waals surface area contributed by atoms with Gasteiger partial charge in [0.25, 0.3) is 0 Å². The van der Waals surface area contributed by atoms with E-state index in [1.165, 1.54) is 30.7 Å². The molecule has 2 aliphatic rings. The Morgan fingerprint density at radius 1 is 1.04 bits per heavy atom. The molecule has 0 spiro atoms. The first kappa shape index (κ1) is 16.7. The first-order valence-corrected chi connectivity index (χ1v) is 9.67. The van der Waals surface area contributed by atoms with E-state index in [1.807, 2.05) is 0 Å². The molecule has 5 nitrogen and oxygen atoms in total. The summed E-state index contributed by atoms with van der Waals surface area (Å²) in [4.78, 5) is 2.49. The Kier molecular flexibility index (Phi) is 5.43. The molecular formula is C20H28N4O. The molecule has 2 aliphatic heterocycles. The van der Waals surface area contributed by atoms with Crippen LogP contribution < -0.4 is 0 Å². The van der Waals surface area contributed by atoms with Gasteiger partial charge in [-0.2, -0.15) is 0 Å². The Labute approximate surface area is 150 Å². The second kappa shape index (κ2) is 8.11. The van der Waals surface area contributed by atoms with E-state index >= 15 is 0 Å². The van der Waals surface area contributed by atoms with Gasteiger partial charge in [-0.25, -0.2) is 0 Å². The molecule has 4 rings (SSSR count). The fourth-order valence-corrected chi connectivity index (χ4v) is 3.93. The van der Waals surface area contributed by atoms with E-state index in [2.05, 4.69) is 50.0 Å². The molecule has 0 radical (unpaired) electrons. The topological polar surface area (TPSA) is 43.2 Å². The van der Waals surface area contributed by atoms with E-state index in [0.29, 0.717) is 6.10 Å². The van der Waals surface area contributed by atoms with E-state index in [9.17, 15) is 0 Å². The summed E-state index contributed by atoms with van der Waals surface area (Å²) in [7, 11) is 0. The van der Waals surface area contributed by atoms with Crippen LogP contribution in [-0.4, -0.2) is 45.5 Å². The van der Waals surface area contributed by atoms with Crippen molar-refractivity contribution in [2.45, 2.75) is 57.7 Å². The van der Waals surface area contributed by atoms with Crippen molar-refractivity contribution in [1.29, 1.82) is 0 Å². The summed E-state index contributed by atoms with van der Waals surface area (Å²) in [5.74, 6) is 2.32. The lowest BCUT2D eigenvalue weighted by Gasteiger charge is -2.32. The Balaban J connectivity index is 1.33. The van der Waals surface area contributed by atoms with Crippen molar-refractivity contribution in [2.75, 3.05) is 19.7 Å². The highest BCUT2D eigenvalue weighted by atomic mass is 16.5. The molecule has 1 aromatic heterocycles. The van der Waals surface area contributed by atoms with Crippen molar-refractivity contribution in [3.05, 3.63) is 47.5 Å². The molecule has 1 saturated heterocycles. The fourth-order valence-electron chi connectivity index (χ4n) is 3.93. The van der Waals surface area contributed by atoms with Gasteiger partial charge in [-0.15, -0.1) is 10.2 Å². The van der Waals surface area contributed by atoms with Crippen LogP contribution in [0.5, 0.6) is 0 Å². The van der Waals surface area contributed by atoms with Gasteiger partial charge in [-0.3, -0.25) is 4.90 Å². The minimum atomic E-state index is 0.320. The van der Waals surface area contributed by atoms with E-state index in [1.54, 1.807) is 0 Å². The number of nitrogens with zero attached hydrogens (tertiary/aromatic N) is 4. The zero-order valence-electron chi connectivity index (χ0n) is 14.9. The van der Waals surface area contributed by atoms with Crippen molar-refractivity contribution in [3.63, 3.8) is 0 Å². The smallest absolute Gasteiger partial charge is 0.147 e. The molecule has 1 atom stereocenters. The molecule has 3 heterocycles. The van der Waals surface area contributed by atoms with Gasteiger partial charge in [-0.05, 0) is 31.2 Å². The van der Waals surface area contributed by atoms with Gasteiger partial charge < -0.3 is 9.30 Å². The van der Waals surface area contributed by atoms with Crippen LogP contribution in [0.4, 0.5) is 0 Å². The third-order valence-corrected chi connectivity index (χ3v) is 5.37. The van der Waals surface area contributed by atoms with Gasteiger partial charge in [-0.1, -0.05) is 36.8 Å². The normalized spacial score (nSPS) is 21.7. The van der Waals surface area contributed by atoms with Gasteiger partial charge in [0, 0.05) is 26.1 Å². The van der Waals surface area contributed by atoms with Crippen LogP contribution in [0.3, 0.4) is 0 Å². The number of hydrogen-bond acceptors (Lipinski definition) is 4. The quantitative estimate of drug-likeness (QED) is 0.839. The maximum atomic E-state index is 6.00. The largest absolute Gasteiger partial charge is 0.376 e. The second-order valence-electron chi connectivity index (χ2n) is 7.25. The highest BCUT2D eigenvalue weighted by Crippen LogP contribution is 2.18. The molecule has 0 bridgehead atoms. The van der Waals surface area contributed by atoms with Crippen molar-refractivity contribution in [3.8, 4) is 0 Å². The number of fused-ring (bicyclic) bond motifs is 1. The van der Waals surface area contributed by atoms with Gasteiger partial charge in [0.15, 0.2) is 0 Å². The van der Waals surface area contributed by atoms with Crippen molar-refractivity contribution in [2.24, 2.45) is 0 Å². The van der Waals surface area contributed by atoms with Crippen LogP contribution in [-0.2, 0) is 30.7 Å². The number of morpholine rings is 1. The summed E-state index contributed by atoms with van der Waals surface area (Å²) < 4.78 is 8.36. The van der Waals surface area contributed by atoms with Crippen LogP contribution in [0, 0.1) is 0 Å². The number of aryl methyl sites for hydroxylation is 2. The molecule has 0 amide bonds. The lowest BCUT2D eigenvalue weighted by molar-refractivity contribution is -0.0356. The van der Waals surface area contributed by atoms with Gasteiger partial charge in [0.05, 0.1) is 19.3 Å². The summed E-state index contributed by atoms with van der Waals surface area (Å²) in [5.41, 5.74) is 1.39. The minimum absolute atomic E-state index is 0.320. The number of aromatic nitrogens is 3.